The summed E-state index contributed by atoms with van der Waals surface area (Å²) < 4.78 is 10.3. The van der Waals surface area contributed by atoms with Gasteiger partial charge >= 0.3 is 5.97 Å². The molecule has 0 bridgehead atoms. The van der Waals surface area contributed by atoms with Crippen LogP contribution in [0.2, 0.25) is 0 Å². The Morgan fingerprint density at radius 2 is 2.00 bits per heavy atom. The van der Waals surface area contributed by atoms with Gasteiger partial charge in [0.2, 0.25) is 0 Å². The van der Waals surface area contributed by atoms with E-state index in [1.165, 1.54) is 6.08 Å². The van der Waals surface area contributed by atoms with Crippen molar-refractivity contribution in [3.63, 3.8) is 0 Å². The summed E-state index contributed by atoms with van der Waals surface area (Å²) in [7, 11) is 0. The predicted molar refractivity (Wildman–Crippen MR) is 68.3 cm³/mol. The van der Waals surface area contributed by atoms with Crippen LogP contribution in [0.5, 0.6) is 0 Å². The lowest BCUT2D eigenvalue weighted by Crippen LogP contribution is -2.03. The SMILES string of the molecule is CC#CCO/C(=C/C(=O)OCC)CCCCC. The van der Waals surface area contributed by atoms with Crippen molar-refractivity contribution in [3.05, 3.63) is 11.8 Å². The van der Waals surface area contributed by atoms with Crippen LogP contribution in [0.1, 0.15) is 46.5 Å². The average Bonchev–Trinajstić information content (AvgIpc) is 2.29. The highest BCUT2D eigenvalue weighted by Crippen LogP contribution is 2.10. The Labute approximate surface area is 104 Å². The minimum Gasteiger partial charge on any atom is -0.485 e. The molecule has 0 aliphatic heterocycles. The summed E-state index contributed by atoms with van der Waals surface area (Å²) in [6.07, 6.45) is 5.47. The molecule has 0 aliphatic rings. The van der Waals surface area contributed by atoms with E-state index in [1.807, 2.05) is 0 Å². The number of hydrogen-bond acceptors (Lipinski definition) is 3. The lowest BCUT2D eigenvalue weighted by molar-refractivity contribution is -0.137. The van der Waals surface area contributed by atoms with Crippen molar-refractivity contribution in [2.45, 2.75) is 46.5 Å². The second kappa shape index (κ2) is 11.1. The fourth-order valence-corrected chi connectivity index (χ4v) is 1.25. The third-order valence-electron chi connectivity index (χ3n) is 2.10. The van der Waals surface area contributed by atoms with Crippen LogP contribution < -0.4 is 0 Å². The highest BCUT2D eigenvalue weighted by Gasteiger charge is 2.03. The Morgan fingerprint density at radius 3 is 2.59 bits per heavy atom. The lowest BCUT2D eigenvalue weighted by atomic mass is 10.2. The molecule has 0 unspecified atom stereocenters. The number of esters is 1. The molecular formula is C14H22O3. The van der Waals surface area contributed by atoms with Gasteiger partial charge in [-0.2, -0.15) is 0 Å². The van der Waals surface area contributed by atoms with Gasteiger partial charge in [0.05, 0.1) is 12.7 Å². The van der Waals surface area contributed by atoms with E-state index in [0.717, 1.165) is 25.7 Å². The first-order chi connectivity index (χ1) is 8.24. The van der Waals surface area contributed by atoms with E-state index in [0.29, 0.717) is 19.0 Å². The van der Waals surface area contributed by atoms with Crippen LogP contribution in [0.15, 0.2) is 11.8 Å². The molecule has 0 rings (SSSR count). The summed E-state index contributed by atoms with van der Waals surface area (Å²) in [4.78, 5) is 11.3. The largest absolute Gasteiger partial charge is 0.485 e. The summed E-state index contributed by atoms with van der Waals surface area (Å²) in [5, 5.41) is 0. The molecule has 3 nitrogen and oxygen atoms in total. The fourth-order valence-electron chi connectivity index (χ4n) is 1.25. The van der Waals surface area contributed by atoms with Gasteiger partial charge in [0.15, 0.2) is 0 Å². The number of unbranched alkanes of at least 4 members (excludes halogenated alkanes) is 2. The third-order valence-corrected chi connectivity index (χ3v) is 2.10. The molecule has 0 amide bonds. The van der Waals surface area contributed by atoms with Gasteiger partial charge in [-0.3, -0.25) is 0 Å². The van der Waals surface area contributed by atoms with Gasteiger partial charge in [0.25, 0.3) is 0 Å². The summed E-state index contributed by atoms with van der Waals surface area (Å²) in [6.45, 7) is 6.39. The van der Waals surface area contributed by atoms with Crippen LogP contribution in [0, 0.1) is 11.8 Å². The van der Waals surface area contributed by atoms with Crippen LogP contribution in [0.3, 0.4) is 0 Å². The number of hydrogen-bond donors (Lipinski definition) is 0. The van der Waals surface area contributed by atoms with Gasteiger partial charge < -0.3 is 9.47 Å². The minimum absolute atomic E-state index is 0.327. The van der Waals surface area contributed by atoms with E-state index in [1.54, 1.807) is 13.8 Å². The van der Waals surface area contributed by atoms with E-state index in [-0.39, 0.29) is 5.97 Å². The molecule has 0 saturated carbocycles. The maximum atomic E-state index is 11.3. The molecule has 0 heterocycles. The van der Waals surface area contributed by atoms with Crippen LogP contribution in [0.25, 0.3) is 0 Å². The normalized spacial score (nSPS) is 10.4. The maximum Gasteiger partial charge on any atom is 0.334 e. The number of rotatable bonds is 8. The quantitative estimate of drug-likeness (QED) is 0.214. The van der Waals surface area contributed by atoms with E-state index >= 15 is 0 Å². The van der Waals surface area contributed by atoms with Gasteiger partial charge in [-0.15, -0.1) is 5.92 Å². The van der Waals surface area contributed by atoms with Crippen LogP contribution >= 0.6 is 0 Å². The Hall–Kier alpha value is -1.43. The fraction of sp³-hybridized carbons (Fsp3) is 0.643. The molecule has 3 heteroatoms. The maximum absolute atomic E-state index is 11.3. The van der Waals surface area contributed by atoms with Crippen molar-refractivity contribution in [2.24, 2.45) is 0 Å². The molecule has 0 aliphatic carbocycles. The zero-order chi connectivity index (χ0) is 12.9. The number of ether oxygens (including phenoxy) is 2. The zero-order valence-corrected chi connectivity index (χ0v) is 11.0. The van der Waals surface area contributed by atoms with Crippen molar-refractivity contribution >= 4 is 5.97 Å². The van der Waals surface area contributed by atoms with Crippen molar-refractivity contribution in [1.82, 2.24) is 0 Å². The lowest BCUT2D eigenvalue weighted by Gasteiger charge is -2.07. The molecule has 17 heavy (non-hydrogen) atoms. The van der Waals surface area contributed by atoms with Crippen molar-refractivity contribution in [3.8, 4) is 11.8 Å². The first-order valence-corrected chi connectivity index (χ1v) is 6.14. The second-order valence-electron chi connectivity index (χ2n) is 3.54. The van der Waals surface area contributed by atoms with Crippen molar-refractivity contribution in [2.75, 3.05) is 13.2 Å². The van der Waals surface area contributed by atoms with E-state index in [2.05, 4.69) is 18.8 Å². The Kier molecular flexibility index (Phi) is 10.1. The molecule has 0 N–H and O–H groups in total. The molecule has 0 aromatic rings. The van der Waals surface area contributed by atoms with Crippen molar-refractivity contribution < 1.29 is 14.3 Å². The Morgan fingerprint density at radius 1 is 1.24 bits per heavy atom. The average molecular weight is 238 g/mol. The molecule has 0 radical (unpaired) electrons. The van der Waals surface area contributed by atoms with Gasteiger partial charge in [-0.25, -0.2) is 4.79 Å². The van der Waals surface area contributed by atoms with Gasteiger partial charge in [0, 0.05) is 6.42 Å². The molecular weight excluding hydrogens is 216 g/mol. The molecule has 0 spiro atoms. The van der Waals surface area contributed by atoms with Gasteiger partial charge in [-0.05, 0) is 20.3 Å². The number of allylic oxidation sites excluding steroid dienone is 1. The molecule has 0 fully saturated rings. The van der Waals surface area contributed by atoms with Gasteiger partial charge in [0.1, 0.15) is 12.4 Å². The molecule has 0 aromatic carbocycles. The summed E-state index contributed by atoms with van der Waals surface area (Å²) in [5.41, 5.74) is 0. The van der Waals surface area contributed by atoms with Crippen LogP contribution in [-0.2, 0) is 14.3 Å². The molecule has 0 aromatic heterocycles. The third kappa shape index (κ3) is 9.50. The minimum atomic E-state index is -0.344. The predicted octanol–water partition coefficient (Wildman–Crippen LogP) is 3.05. The first kappa shape index (κ1) is 15.6. The molecule has 0 atom stereocenters. The highest BCUT2D eigenvalue weighted by molar-refractivity contribution is 5.82. The second-order valence-corrected chi connectivity index (χ2v) is 3.54. The van der Waals surface area contributed by atoms with Crippen molar-refractivity contribution in [1.29, 1.82) is 0 Å². The topological polar surface area (TPSA) is 35.5 Å². The standard InChI is InChI=1S/C14H22O3/c1-4-7-9-10-13(17-11-8-5-2)12-14(15)16-6-3/h12H,4,6-7,9-11H2,1-3H3/b13-12+. The van der Waals surface area contributed by atoms with E-state index in [9.17, 15) is 4.79 Å². The first-order valence-electron chi connectivity index (χ1n) is 6.14. The highest BCUT2D eigenvalue weighted by atomic mass is 16.5. The Balaban J connectivity index is 4.24. The number of carbonyl (C=O) groups is 1. The van der Waals surface area contributed by atoms with Crippen LogP contribution in [-0.4, -0.2) is 19.2 Å². The zero-order valence-electron chi connectivity index (χ0n) is 11.0. The molecule has 96 valence electrons. The van der Waals surface area contributed by atoms with Gasteiger partial charge in [-0.1, -0.05) is 25.7 Å². The monoisotopic (exact) mass is 238 g/mol. The summed E-state index contributed by atoms with van der Waals surface area (Å²) in [5.74, 6) is 5.88. The smallest absolute Gasteiger partial charge is 0.334 e. The Bertz CT molecular complexity index is 294. The van der Waals surface area contributed by atoms with Crippen LogP contribution in [0.4, 0.5) is 0 Å². The molecule has 0 saturated heterocycles. The summed E-state index contributed by atoms with van der Waals surface area (Å²) >= 11 is 0. The number of carbonyl (C=O) groups excluding carboxylic acids is 1. The summed E-state index contributed by atoms with van der Waals surface area (Å²) in [6, 6.07) is 0. The van der Waals surface area contributed by atoms with E-state index in [4.69, 9.17) is 9.47 Å². The van der Waals surface area contributed by atoms with E-state index < -0.39 is 0 Å².